The fourth-order valence-corrected chi connectivity index (χ4v) is 1.86. The highest BCUT2D eigenvalue weighted by Crippen LogP contribution is 2.19. The van der Waals surface area contributed by atoms with E-state index in [-0.39, 0.29) is 5.91 Å². The van der Waals surface area contributed by atoms with Crippen molar-refractivity contribution in [1.29, 1.82) is 0 Å². The molecule has 0 bridgehead atoms. The van der Waals surface area contributed by atoms with Crippen LogP contribution in [0.1, 0.15) is 16.7 Å². The average molecular weight is 254 g/mol. The molecule has 2 aromatic carbocycles. The maximum atomic E-state index is 12.0. The quantitative estimate of drug-likeness (QED) is 0.827. The predicted octanol–water partition coefficient (Wildman–Crippen LogP) is 3.07. The van der Waals surface area contributed by atoms with Crippen LogP contribution >= 0.6 is 0 Å². The summed E-state index contributed by atoms with van der Waals surface area (Å²) in [6, 6.07) is 13.5. The van der Waals surface area contributed by atoms with Crippen LogP contribution in [-0.2, 0) is 11.2 Å². The molecule has 0 aromatic heterocycles. The Morgan fingerprint density at radius 3 is 2.37 bits per heavy atom. The van der Waals surface area contributed by atoms with E-state index < -0.39 is 0 Å². The largest absolute Gasteiger partial charge is 0.397 e. The van der Waals surface area contributed by atoms with Gasteiger partial charge in [0.1, 0.15) is 0 Å². The number of amides is 1. The van der Waals surface area contributed by atoms with Gasteiger partial charge in [0.05, 0.1) is 17.8 Å². The second kappa shape index (κ2) is 5.57. The molecule has 3 heteroatoms. The topological polar surface area (TPSA) is 55.1 Å². The number of anilines is 2. The van der Waals surface area contributed by atoms with Gasteiger partial charge in [-0.1, -0.05) is 35.9 Å². The Bertz CT molecular complexity index is 588. The standard InChI is InChI=1S/C16H18N2O/c1-11-3-6-13(7-4-11)10-16(19)18-15-9-12(2)5-8-14(15)17/h3-9H,10,17H2,1-2H3,(H,18,19). The summed E-state index contributed by atoms with van der Waals surface area (Å²) < 4.78 is 0. The SMILES string of the molecule is Cc1ccc(CC(=O)Nc2cc(C)ccc2N)cc1. The number of nitrogens with one attached hydrogen (secondary N) is 1. The molecule has 19 heavy (non-hydrogen) atoms. The van der Waals surface area contributed by atoms with Gasteiger partial charge < -0.3 is 11.1 Å². The van der Waals surface area contributed by atoms with Crippen molar-refractivity contribution in [2.75, 3.05) is 11.1 Å². The first-order valence-corrected chi connectivity index (χ1v) is 6.26. The predicted molar refractivity (Wildman–Crippen MR) is 79.1 cm³/mol. The van der Waals surface area contributed by atoms with Crippen LogP contribution in [0.5, 0.6) is 0 Å². The van der Waals surface area contributed by atoms with E-state index in [9.17, 15) is 4.79 Å². The molecule has 0 aliphatic rings. The van der Waals surface area contributed by atoms with Crippen molar-refractivity contribution in [3.8, 4) is 0 Å². The Balaban J connectivity index is 2.05. The van der Waals surface area contributed by atoms with Crippen LogP contribution in [0.2, 0.25) is 0 Å². The number of rotatable bonds is 3. The number of nitrogens with two attached hydrogens (primary N) is 1. The van der Waals surface area contributed by atoms with Gasteiger partial charge in [-0.25, -0.2) is 0 Å². The Kier molecular flexibility index (Phi) is 3.85. The van der Waals surface area contributed by atoms with Gasteiger partial charge in [-0.05, 0) is 37.1 Å². The van der Waals surface area contributed by atoms with Crippen molar-refractivity contribution in [2.45, 2.75) is 20.3 Å². The fraction of sp³-hybridized carbons (Fsp3) is 0.188. The number of benzene rings is 2. The summed E-state index contributed by atoms with van der Waals surface area (Å²) >= 11 is 0. The van der Waals surface area contributed by atoms with E-state index in [1.54, 1.807) is 6.07 Å². The van der Waals surface area contributed by atoms with E-state index in [4.69, 9.17) is 5.73 Å². The molecule has 1 amide bonds. The highest BCUT2D eigenvalue weighted by molar-refractivity contribution is 5.95. The molecule has 2 aromatic rings. The second-order valence-electron chi connectivity index (χ2n) is 4.80. The molecule has 0 spiro atoms. The molecule has 0 fully saturated rings. The first kappa shape index (κ1) is 13.1. The molecule has 3 N–H and O–H groups in total. The third kappa shape index (κ3) is 3.58. The van der Waals surface area contributed by atoms with E-state index in [1.807, 2.05) is 50.2 Å². The molecule has 3 nitrogen and oxygen atoms in total. The number of carbonyl (C=O) groups is 1. The molecular formula is C16H18N2O. The molecule has 0 unspecified atom stereocenters. The zero-order chi connectivity index (χ0) is 13.8. The summed E-state index contributed by atoms with van der Waals surface area (Å²) in [5.41, 5.74) is 10.4. The van der Waals surface area contributed by atoms with Gasteiger partial charge in [-0.2, -0.15) is 0 Å². The Morgan fingerprint density at radius 2 is 1.68 bits per heavy atom. The Morgan fingerprint density at radius 1 is 1.05 bits per heavy atom. The third-order valence-corrected chi connectivity index (χ3v) is 2.97. The zero-order valence-electron chi connectivity index (χ0n) is 11.2. The average Bonchev–Trinajstić information content (AvgIpc) is 2.37. The molecular weight excluding hydrogens is 236 g/mol. The van der Waals surface area contributed by atoms with Crippen LogP contribution < -0.4 is 11.1 Å². The van der Waals surface area contributed by atoms with Crippen LogP contribution in [0.3, 0.4) is 0 Å². The van der Waals surface area contributed by atoms with Gasteiger partial charge in [0, 0.05) is 0 Å². The summed E-state index contributed by atoms with van der Waals surface area (Å²) in [6.45, 7) is 3.99. The summed E-state index contributed by atoms with van der Waals surface area (Å²) in [6.07, 6.45) is 0.355. The van der Waals surface area contributed by atoms with Gasteiger partial charge in [0.2, 0.25) is 5.91 Å². The van der Waals surface area contributed by atoms with Gasteiger partial charge in [-0.15, -0.1) is 0 Å². The summed E-state index contributed by atoms with van der Waals surface area (Å²) in [4.78, 5) is 12.0. The molecule has 0 saturated carbocycles. The number of carbonyl (C=O) groups excluding carboxylic acids is 1. The first-order valence-electron chi connectivity index (χ1n) is 6.26. The van der Waals surface area contributed by atoms with Crippen LogP contribution in [0.25, 0.3) is 0 Å². The lowest BCUT2D eigenvalue weighted by atomic mass is 10.1. The van der Waals surface area contributed by atoms with Gasteiger partial charge in [-0.3, -0.25) is 4.79 Å². The highest BCUT2D eigenvalue weighted by atomic mass is 16.1. The van der Waals surface area contributed by atoms with Gasteiger partial charge in [0.15, 0.2) is 0 Å². The molecule has 0 radical (unpaired) electrons. The summed E-state index contributed by atoms with van der Waals surface area (Å²) in [5, 5.41) is 2.85. The minimum Gasteiger partial charge on any atom is -0.397 e. The lowest BCUT2D eigenvalue weighted by Gasteiger charge is -2.09. The molecule has 2 rings (SSSR count). The zero-order valence-corrected chi connectivity index (χ0v) is 11.2. The minimum atomic E-state index is -0.0545. The van der Waals surface area contributed by atoms with Crippen molar-refractivity contribution in [1.82, 2.24) is 0 Å². The van der Waals surface area contributed by atoms with Gasteiger partial charge >= 0.3 is 0 Å². The molecule has 98 valence electrons. The van der Waals surface area contributed by atoms with Crippen molar-refractivity contribution in [3.63, 3.8) is 0 Å². The first-order chi connectivity index (χ1) is 9.04. The summed E-state index contributed by atoms with van der Waals surface area (Å²) in [7, 11) is 0. The molecule has 0 heterocycles. The van der Waals surface area contributed by atoms with E-state index in [2.05, 4.69) is 5.32 Å². The highest BCUT2D eigenvalue weighted by Gasteiger charge is 2.06. The lowest BCUT2D eigenvalue weighted by Crippen LogP contribution is -2.15. The third-order valence-electron chi connectivity index (χ3n) is 2.97. The van der Waals surface area contributed by atoms with E-state index in [1.165, 1.54) is 5.56 Å². The van der Waals surface area contributed by atoms with E-state index in [0.29, 0.717) is 17.8 Å². The fourth-order valence-electron chi connectivity index (χ4n) is 1.86. The lowest BCUT2D eigenvalue weighted by molar-refractivity contribution is -0.115. The molecule has 0 saturated heterocycles. The van der Waals surface area contributed by atoms with Crippen LogP contribution in [0.4, 0.5) is 11.4 Å². The smallest absolute Gasteiger partial charge is 0.228 e. The van der Waals surface area contributed by atoms with Crippen LogP contribution in [-0.4, -0.2) is 5.91 Å². The number of aryl methyl sites for hydroxylation is 2. The molecule has 0 aliphatic heterocycles. The van der Waals surface area contributed by atoms with Crippen LogP contribution in [0, 0.1) is 13.8 Å². The van der Waals surface area contributed by atoms with Crippen molar-refractivity contribution < 1.29 is 4.79 Å². The maximum absolute atomic E-state index is 12.0. The van der Waals surface area contributed by atoms with Crippen molar-refractivity contribution >= 4 is 17.3 Å². The Hall–Kier alpha value is -2.29. The minimum absolute atomic E-state index is 0.0545. The Labute approximate surface area is 113 Å². The van der Waals surface area contributed by atoms with Crippen LogP contribution in [0.15, 0.2) is 42.5 Å². The molecule has 0 aliphatic carbocycles. The normalized spacial score (nSPS) is 10.2. The second-order valence-corrected chi connectivity index (χ2v) is 4.80. The monoisotopic (exact) mass is 254 g/mol. The number of hydrogen-bond acceptors (Lipinski definition) is 2. The van der Waals surface area contributed by atoms with Crippen molar-refractivity contribution in [3.05, 3.63) is 59.2 Å². The van der Waals surface area contributed by atoms with E-state index >= 15 is 0 Å². The number of nitrogen functional groups attached to an aromatic ring is 1. The van der Waals surface area contributed by atoms with Gasteiger partial charge in [0.25, 0.3) is 0 Å². The van der Waals surface area contributed by atoms with E-state index in [0.717, 1.165) is 11.1 Å². The summed E-state index contributed by atoms with van der Waals surface area (Å²) in [5.74, 6) is -0.0545. The maximum Gasteiger partial charge on any atom is 0.228 e. The number of hydrogen-bond donors (Lipinski definition) is 2. The molecule has 0 atom stereocenters. The van der Waals surface area contributed by atoms with Crippen molar-refractivity contribution in [2.24, 2.45) is 0 Å².